The van der Waals surface area contributed by atoms with Gasteiger partial charge in [0.15, 0.2) is 0 Å². The summed E-state index contributed by atoms with van der Waals surface area (Å²) < 4.78 is 9.26. The van der Waals surface area contributed by atoms with E-state index in [4.69, 9.17) is 4.74 Å². The SMILES string of the molecule is C=CC(=O)OC(C)CCC(=O)OC. The lowest BCUT2D eigenvalue weighted by Crippen LogP contribution is -2.14. The van der Waals surface area contributed by atoms with Crippen LogP contribution < -0.4 is 0 Å². The molecule has 0 bridgehead atoms. The summed E-state index contributed by atoms with van der Waals surface area (Å²) in [7, 11) is 1.32. The molecular formula is C9H14O4. The summed E-state index contributed by atoms with van der Waals surface area (Å²) >= 11 is 0. The van der Waals surface area contributed by atoms with Gasteiger partial charge in [-0.15, -0.1) is 0 Å². The lowest BCUT2D eigenvalue weighted by Gasteiger charge is -2.10. The van der Waals surface area contributed by atoms with E-state index in [-0.39, 0.29) is 18.5 Å². The van der Waals surface area contributed by atoms with Crippen molar-refractivity contribution in [2.45, 2.75) is 25.9 Å². The molecule has 0 aromatic heterocycles. The van der Waals surface area contributed by atoms with Gasteiger partial charge in [0.2, 0.25) is 0 Å². The molecule has 1 atom stereocenters. The average Bonchev–Trinajstić information content (AvgIpc) is 2.13. The summed E-state index contributed by atoms with van der Waals surface area (Å²) in [4.78, 5) is 21.4. The van der Waals surface area contributed by atoms with Crippen molar-refractivity contribution >= 4 is 11.9 Å². The normalized spacial score (nSPS) is 11.5. The van der Waals surface area contributed by atoms with Crippen molar-refractivity contribution in [3.05, 3.63) is 12.7 Å². The summed E-state index contributed by atoms with van der Waals surface area (Å²) in [5.74, 6) is -0.779. The van der Waals surface area contributed by atoms with Crippen molar-refractivity contribution in [3.8, 4) is 0 Å². The van der Waals surface area contributed by atoms with E-state index in [1.807, 2.05) is 0 Å². The number of carbonyl (C=O) groups excluding carboxylic acids is 2. The van der Waals surface area contributed by atoms with Crippen molar-refractivity contribution in [3.63, 3.8) is 0 Å². The number of hydrogen-bond donors (Lipinski definition) is 0. The highest BCUT2D eigenvalue weighted by atomic mass is 16.5. The van der Waals surface area contributed by atoms with Crippen molar-refractivity contribution in [2.75, 3.05) is 7.11 Å². The second kappa shape index (κ2) is 6.22. The average molecular weight is 186 g/mol. The van der Waals surface area contributed by atoms with Crippen LogP contribution >= 0.6 is 0 Å². The van der Waals surface area contributed by atoms with E-state index in [1.165, 1.54) is 7.11 Å². The van der Waals surface area contributed by atoms with Crippen molar-refractivity contribution in [2.24, 2.45) is 0 Å². The van der Waals surface area contributed by atoms with Gasteiger partial charge in [-0.2, -0.15) is 0 Å². The van der Waals surface area contributed by atoms with Crippen LogP contribution in [0.4, 0.5) is 0 Å². The number of ether oxygens (including phenoxy) is 2. The summed E-state index contributed by atoms with van der Waals surface area (Å²) in [6.45, 7) is 4.97. The van der Waals surface area contributed by atoms with E-state index in [2.05, 4.69) is 11.3 Å². The number of carbonyl (C=O) groups is 2. The van der Waals surface area contributed by atoms with E-state index in [9.17, 15) is 9.59 Å². The molecule has 0 aliphatic heterocycles. The zero-order chi connectivity index (χ0) is 10.3. The Morgan fingerprint density at radius 1 is 1.54 bits per heavy atom. The van der Waals surface area contributed by atoms with E-state index in [1.54, 1.807) is 6.92 Å². The molecule has 4 nitrogen and oxygen atoms in total. The van der Waals surface area contributed by atoms with Gasteiger partial charge < -0.3 is 9.47 Å². The highest BCUT2D eigenvalue weighted by Crippen LogP contribution is 2.02. The smallest absolute Gasteiger partial charge is 0.330 e. The molecule has 0 fully saturated rings. The largest absolute Gasteiger partial charge is 0.469 e. The van der Waals surface area contributed by atoms with Gasteiger partial charge in [0.25, 0.3) is 0 Å². The third kappa shape index (κ3) is 5.90. The molecule has 0 radical (unpaired) electrons. The van der Waals surface area contributed by atoms with Gasteiger partial charge in [-0.25, -0.2) is 4.79 Å². The van der Waals surface area contributed by atoms with Crippen LogP contribution in [0.3, 0.4) is 0 Å². The van der Waals surface area contributed by atoms with E-state index in [0.717, 1.165) is 6.08 Å². The second-order valence-corrected chi connectivity index (χ2v) is 2.57. The lowest BCUT2D eigenvalue weighted by atomic mass is 10.2. The Hall–Kier alpha value is -1.32. The monoisotopic (exact) mass is 186 g/mol. The molecule has 0 N–H and O–H groups in total. The maximum absolute atomic E-state index is 10.7. The van der Waals surface area contributed by atoms with Crippen LogP contribution in [0.25, 0.3) is 0 Å². The fourth-order valence-corrected chi connectivity index (χ4v) is 0.729. The molecule has 0 saturated heterocycles. The molecule has 13 heavy (non-hydrogen) atoms. The van der Waals surface area contributed by atoms with Crippen molar-refractivity contribution < 1.29 is 19.1 Å². The maximum atomic E-state index is 10.7. The quantitative estimate of drug-likeness (QED) is 0.476. The van der Waals surface area contributed by atoms with Gasteiger partial charge in [0.05, 0.1) is 13.2 Å². The van der Waals surface area contributed by atoms with Crippen LogP contribution in [-0.4, -0.2) is 25.2 Å². The van der Waals surface area contributed by atoms with Gasteiger partial charge >= 0.3 is 11.9 Å². The number of esters is 2. The Morgan fingerprint density at radius 2 is 2.15 bits per heavy atom. The first-order valence-electron chi connectivity index (χ1n) is 4.00. The predicted molar refractivity (Wildman–Crippen MR) is 47.0 cm³/mol. The third-order valence-corrected chi connectivity index (χ3v) is 1.47. The zero-order valence-corrected chi connectivity index (χ0v) is 7.91. The Balaban J connectivity index is 3.62. The molecule has 1 unspecified atom stereocenters. The minimum atomic E-state index is -0.475. The number of hydrogen-bond acceptors (Lipinski definition) is 4. The molecule has 0 aromatic carbocycles. The molecule has 74 valence electrons. The van der Waals surface area contributed by atoms with Crippen LogP contribution in [0.15, 0.2) is 12.7 Å². The Labute approximate surface area is 77.5 Å². The summed E-state index contributed by atoms with van der Waals surface area (Å²) in [6, 6.07) is 0. The van der Waals surface area contributed by atoms with Crippen molar-refractivity contribution in [1.82, 2.24) is 0 Å². The van der Waals surface area contributed by atoms with Crippen LogP contribution in [-0.2, 0) is 19.1 Å². The number of rotatable bonds is 5. The fraction of sp³-hybridized carbons (Fsp3) is 0.556. The third-order valence-electron chi connectivity index (χ3n) is 1.47. The van der Waals surface area contributed by atoms with E-state index < -0.39 is 5.97 Å². The summed E-state index contributed by atoms with van der Waals surface area (Å²) in [5.41, 5.74) is 0. The van der Waals surface area contributed by atoms with Gasteiger partial charge in [0.1, 0.15) is 0 Å². The summed E-state index contributed by atoms with van der Waals surface area (Å²) in [5, 5.41) is 0. The Bertz CT molecular complexity index is 198. The standard InChI is InChI=1S/C9H14O4/c1-4-8(10)13-7(2)5-6-9(11)12-3/h4,7H,1,5-6H2,2-3H3. The highest BCUT2D eigenvalue weighted by molar-refractivity contribution is 5.81. The molecule has 0 rings (SSSR count). The first-order chi connectivity index (χ1) is 6.10. The van der Waals surface area contributed by atoms with Crippen LogP contribution in [0.1, 0.15) is 19.8 Å². The van der Waals surface area contributed by atoms with Gasteiger partial charge in [-0.05, 0) is 13.3 Å². The molecule has 0 aromatic rings. The minimum Gasteiger partial charge on any atom is -0.469 e. The molecule has 0 saturated carbocycles. The first kappa shape index (κ1) is 11.7. The molecule has 0 amide bonds. The van der Waals surface area contributed by atoms with Crippen LogP contribution in [0, 0.1) is 0 Å². The van der Waals surface area contributed by atoms with E-state index >= 15 is 0 Å². The molecule has 0 heterocycles. The molecule has 4 heteroatoms. The van der Waals surface area contributed by atoms with E-state index in [0.29, 0.717) is 6.42 Å². The zero-order valence-electron chi connectivity index (χ0n) is 7.91. The second-order valence-electron chi connectivity index (χ2n) is 2.57. The van der Waals surface area contributed by atoms with Gasteiger partial charge in [-0.3, -0.25) is 4.79 Å². The predicted octanol–water partition coefficient (Wildman–Crippen LogP) is 1.06. The van der Waals surface area contributed by atoms with Crippen LogP contribution in [0.2, 0.25) is 0 Å². The fourth-order valence-electron chi connectivity index (χ4n) is 0.729. The Kier molecular flexibility index (Phi) is 5.59. The van der Waals surface area contributed by atoms with Gasteiger partial charge in [0, 0.05) is 12.5 Å². The Morgan fingerprint density at radius 3 is 2.62 bits per heavy atom. The van der Waals surface area contributed by atoms with Gasteiger partial charge in [-0.1, -0.05) is 6.58 Å². The molecule has 0 aliphatic rings. The topological polar surface area (TPSA) is 52.6 Å². The van der Waals surface area contributed by atoms with Crippen LogP contribution in [0.5, 0.6) is 0 Å². The maximum Gasteiger partial charge on any atom is 0.330 e. The number of methoxy groups -OCH3 is 1. The lowest BCUT2D eigenvalue weighted by molar-refractivity contribution is -0.146. The molecular weight excluding hydrogens is 172 g/mol. The van der Waals surface area contributed by atoms with Crippen molar-refractivity contribution in [1.29, 1.82) is 0 Å². The highest BCUT2D eigenvalue weighted by Gasteiger charge is 2.09. The minimum absolute atomic E-state index is 0.252. The first-order valence-corrected chi connectivity index (χ1v) is 4.00. The molecule has 0 aliphatic carbocycles. The molecule has 0 spiro atoms. The summed E-state index contributed by atoms with van der Waals surface area (Å²) in [6.07, 6.45) is 1.52.